The van der Waals surface area contributed by atoms with Crippen LogP contribution in [0.4, 0.5) is 11.6 Å². The lowest BCUT2D eigenvalue weighted by molar-refractivity contribution is 0.102. The second-order valence-electron chi connectivity index (χ2n) is 5.14. The molecule has 1 N–H and O–H groups in total. The summed E-state index contributed by atoms with van der Waals surface area (Å²) in [6, 6.07) is 7.23. The van der Waals surface area contributed by atoms with Crippen molar-refractivity contribution in [2.45, 2.75) is 19.8 Å². The molecule has 0 unspecified atom stereocenters. The number of anilines is 2. The van der Waals surface area contributed by atoms with Crippen molar-refractivity contribution < 1.29 is 4.79 Å². The number of pyridine rings is 1. The largest absolute Gasteiger partial charge is 0.355 e. The minimum absolute atomic E-state index is 0.293. The first-order valence-corrected chi connectivity index (χ1v) is 7.05. The van der Waals surface area contributed by atoms with Crippen molar-refractivity contribution in [1.82, 2.24) is 15.2 Å². The van der Waals surface area contributed by atoms with Gasteiger partial charge < -0.3 is 10.2 Å². The molecule has 0 radical (unpaired) electrons. The van der Waals surface area contributed by atoms with Crippen LogP contribution < -0.4 is 10.2 Å². The fourth-order valence-corrected chi connectivity index (χ4v) is 2.35. The van der Waals surface area contributed by atoms with Crippen molar-refractivity contribution in [2.75, 3.05) is 23.3 Å². The van der Waals surface area contributed by atoms with Gasteiger partial charge in [-0.3, -0.25) is 4.79 Å². The van der Waals surface area contributed by atoms with Crippen molar-refractivity contribution in [1.29, 1.82) is 0 Å². The summed E-state index contributed by atoms with van der Waals surface area (Å²) < 4.78 is 0. The smallest absolute Gasteiger partial charge is 0.277 e. The maximum atomic E-state index is 12.1. The molecule has 0 bridgehead atoms. The Bertz CT molecular complexity index is 635. The van der Waals surface area contributed by atoms with E-state index in [0.717, 1.165) is 24.5 Å². The molecule has 1 fully saturated rings. The van der Waals surface area contributed by atoms with Crippen molar-refractivity contribution in [3.8, 4) is 0 Å². The molecular formula is C15H17N5O. The lowest BCUT2D eigenvalue weighted by Crippen LogP contribution is -2.21. The highest BCUT2D eigenvalue weighted by Gasteiger charge is 2.15. The second-order valence-corrected chi connectivity index (χ2v) is 5.14. The van der Waals surface area contributed by atoms with Crippen LogP contribution in [0.1, 0.15) is 28.9 Å². The standard InChI is InChI=1S/C15H17N5O/c1-11-6-7-16-13(10-11)17-15(21)12-4-5-14(19-18-12)20-8-2-3-9-20/h4-7,10H,2-3,8-9H2,1H3,(H,16,17,21). The van der Waals surface area contributed by atoms with Crippen molar-refractivity contribution in [3.05, 3.63) is 41.7 Å². The zero-order valence-corrected chi connectivity index (χ0v) is 11.9. The molecule has 6 nitrogen and oxygen atoms in total. The van der Waals surface area contributed by atoms with Crippen LogP contribution in [0.15, 0.2) is 30.5 Å². The van der Waals surface area contributed by atoms with Gasteiger partial charge in [0.1, 0.15) is 5.82 Å². The molecule has 108 valence electrons. The number of nitrogens with one attached hydrogen (secondary N) is 1. The molecule has 2 aromatic heterocycles. The first-order valence-electron chi connectivity index (χ1n) is 7.05. The molecule has 0 atom stereocenters. The van der Waals surface area contributed by atoms with E-state index in [9.17, 15) is 4.79 Å². The molecule has 0 spiro atoms. The van der Waals surface area contributed by atoms with Crippen molar-refractivity contribution in [2.24, 2.45) is 0 Å². The monoisotopic (exact) mass is 283 g/mol. The molecule has 2 aromatic rings. The lowest BCUT2D eigenvalue weighted by atomic mass is 10.3. The maximum Gasteiger partial charge on any atom is 0.277 e. The third-order valence-electron chi connectivity index (χ3n) is 3.47. The number of hydrogen-bond donors (Lipinski definition) is 1. The van der Waals surface area contributed by atoms with Gasteiger partial charge in [0, 0.05) is 19.3 Å². The molecule has 21 heavy (non-hydrogen) atoms. The maximum absolute atomic E-state index is 12.1. The Balaban J connectivity index is 1.70. The first kappa shape index (κ1) is 13.5. The Hall–Kier alpha value is -2.50. The third kappa shape index (κ3) is 3.16. The van der Waals surface area contributed by atoms with Gasteiger partial charge in [-0.2, -0.15) is 0 Å². The fraction of sp³-hybridized carbons (Fsp3) is 0.333. The van der Waals surface area contributed by atoms with Gasteiger partial charge in [0.25, 0.3) is 5.91 Å². The number of carbonyl (C=O) groups is 1. The molecule has 1 aliphatic heterocycles. The summed E-state index contributed by atoms with van der Waals surface area (Å²) in [4.78, 5) is 18.4. The predicted octanol–water partition coefficient (Wildman–Crippen LogP) is 2.03. The lowest BCUT2D eigenvalue weighted by Gasteiger charge is -2.15. The van der Waals surface area contributed by atoms with Crippen molar-refractivity contribution in [3.63, 3.8) is 0 Å². The van der Waals surface area contributed by atoms with Gasteiger partial charge in [-0.15, -0.1) is 10.2 Å². The van der Waals surface area contributed by atoms with Crippen LogP contribution in [0.3, 0.4) is 0 Å². The highest BCUT2D eigenvalue weighted by Crippen LogP contribution is 2.16. The van der Waals surface area contributed by atoms with Gasteiger partial charge in [-0.1, -0.05) is 0 Å². The molecule has 1 aliphatic rings. The number of aryl methyl sites for hydroxylation is 1. The van der Waals surface area contributed by atoms with E-state index in [2.05, 4.69) is 25.4 Å². The molecule has 1 saturated heterocycles. The zero-order valence-electron chi connectivity index (χ0n) is 11.9. The molecule has 0 aliphatic carbocycles. The normalized spacial score (nSPS) is 14.2. The fourth-order valence-electron chi connectivity index (χ4n) is 2.35. The summed E-state index contributed by atoms with van der Waals surface area (Å²) in [5.41, 5.74) is 1.33. The molecule has 3 rings (SSSR count). The van der Waals surface area contributed by atoms with Gasteiger partial charge in [0.05, 0.1) is 0 Å². The molecule has 0 saturated carbocycles. The van der Waals surface area contributed by atoms with Crippen LogP contribution in [-0.4, -0.2) is 34.2 Å². The van der Waals surface area contributed by atoms with Crippen LogP contribution >= 0.6 is 0 Å². The Morgan fingerprint density at radius 3 is 2.67 bits per heavy atom. The minimum Gasteiger partial charge on any atom is -0.355 e. The summed E-state index contributed by atoms with van der Waals surface area (Å²) in [5.74, 6) is 1.05. The van der Waals surface area contributed by atoms with E-state index in [1.807, 2.05) is 25.1 Å². The summed E-state index contributed by atoms with van der Waals surface area (Å²) in [6.45, 7) is 3.96. The van der Waals surface area contributed by atoms with E-state index in [0.29, 0.717) is 11.5 Å². The van der Waals surface area contributed by atoms with Gasteiger partial charge in [-0.25, -0.2) is 4.98 Å². The Kier molecular flexibility index (Phi) is 3.77. The van der Waals surface area contributed by atoms with E-state index in [4.69, 9.17) is 0 Å². The SMILES string of the molecule is Cc1ccnc(NC(=O)c2ccc(N3CCCC3)nn2)c1. The minimum atomic E-state index is -0.298. The van der Waals surface area contributed by atoms with Crippen LogP contribution in [0.2, 0.25) is 0 Å². The summed E-state index contributed by atoms with van der Waals surface area (Å²) in [6.07, 6.45) is 4.03. The van der Waals surface area contributed by atoms with E-state index in [1.54, 1.807) is 12.3 Å². The topological polar surface area (TPSA) is 71.0 Å². The summed E-state index contributed by atoms with van der Waals surface area (Å²) in [5, 5.41) is 10.9. The van der Waals surface area contributed by atoms with Crippen LogP contribution in [0, 0.1) is 6.92 Å². The van der Waals surface area contributed by atoms with E-state index < -0.39 is 0 Å². The highest BCUT2D eigenvalue weighted by molar-refractivity contribution is 6.02. The summed E-state index contributed by atoms with van der Waals surface area (Å²) in [7, 11) is 0. The molecule has 1 amide bonds. The zero-order chi connectivity index (χ0) is 14.7. The number of hydrogen-bond acceptors (Lipinski definition) is 5. The second kappa shape index (κ2) is 5.87. The molecule has 6 heteroatoms. The van der Waals surface area contributed by atoms with Gasteiger partial charge >= 0.3 is 0 Å². The number of carbonyl (C=O) groups excluding carboxylic acids is 1. The van der Waals surface area contributed by atoms with E-state index in [-0.39, 0.29) is 5.91 Å². The van der Waals surface area contributed by atoms with E-state index in [1.165, 1.54) is 12.8 Å². The predicted molar refractivity (Wildman–Crippen MR) is 80.4 cm³/mol. The average Bonchev–Trinajstić information content (AvgIpc) is 3.01. The van der Waals surface area contributed by atoms with Crippen LogP contribution in [0.25, 0.3) is 0 Å². The Labute approximate surface area is 123 Å². The quantitative estimate of drug-likeness (QED) is 0.933. The summed E-state index contributed by atoms with van der Waals surface area (Å²) >= 11 is 0. The third-order valence-corrected chi connectivity index (χ3v) is 3.47. The molecular weight excluding hydrogens is 266 g/mol. The number of rotatable bonds is 3. The molecule has 0 aromatic carbocycles. The van der Waals surface area contributed by atoms with E-state index >= 15 is 0 Å². The van der Waals surface area contributed by atoms with Crippen LogP contribution in [0.5, 0.6) is 0 Å². The molecule has 3 heterocycles. The Morgan fingerprint density at radius 2 is 2.00 bits per heavy atom. The highest BCUT2D eigenvalue weighted by atomic mass is 16.2. The van der Waals surface area contributed by atoms with Crippen molar-refractivity contribution >= 4 is 17.5 Å². The van der Waals surface area contributed by atoms with Gasteiger partial charge in [0.15, 0.2) is 11.5 Å². The number of aromatic nitrogens is 3. The average molecular weight is 283 g/mol. The first-order chi connectivity index (χ1) is 10.2. The van der Waals surface area contributed by atoms with Crippen LogP contribution in [-0.2, 0) is 0 Å². The van der Waals surface area contributed by atoms with Gasteiger partial charge in [-0.05, 0) is 49.6 Å². The van der Waals surface area contributed by atoms with Gasteiger partial charge in [0.2, 0.25) is 0 Å². The number of nitrogens with zero attached hydrogens (tertiary/aromatic N) is 4. The Morgan fingerprint density at radius 1 is 1.19 bits per heavy atom. The number of amides is 1.